The highest BCUT2D eigenvalue weighted by Gasteiger charge is 2.19. The van der Waals surface area contributed by atoms with E-state index in [9.17, 15) is 9.59 Å². The van der Waals surface area contributed by atoms with Crippen LogP contribution < -0.4 is 5.32 Å². The van der Waals surface area contributed by atoms with E-state index >= 15 is 0 Å². The molecule has 0 unspecified atom stereocenters. The maximum atomic E-state index is 12.1. The van der Waals surface area contributed by atoms with Gasteiger partial charge in [0.1, 0.15) is 0 Å². The molecule has 90 valence electrons. The number of nitrogens with one attached hydrogen (secondary N) is 1. The van der Waals surface area contributed by atoms with Crippen molar-refractivity contribution in [1.29, 1.82) is 0 Å². The van der Waals surface area contributed by atoms with E-state index in [-0.39, 0.29) is 11.8 Å². The lowest BCUT2D eigenvalue weighted by atomic mass is 10.1. The van der Waals surface area contributed by atoms with Crippen LogP contribution >= 0.6 is 0 Å². The number of rotatable bonds is 2. The maximum Gasteiger partial charge on any atom is 0.253 e. The van der Waals surface area contributed by atoms with Gasteiger partial charge in [-0.05, 0) is 31.0 Å². The second kappa shape index (κ2) is 4.99. The molecule has 1 saturated heterocycles. The third-order valence-electron chi connectivity index (χ3n) is 2.82. The number of carbonyl (C=O) groups is 2. The molecule has 17 heavy (non-hydrogen) atoms. The Hall–Kier alpha value is -1.84. The summed E-state index contributed by atoms with van der Waals surface area (Å²) in [5.41, 5.74) is 1.31. The lowest BCUT2D eigenvalue weighted by Crippen LogP contribution is -2.27. The van der Waals surface area contributed by atoms with Crippen molar-refractivity contribution in [2.75, 3.05) is 18.4 Å². The van der Waals surface area contributed by atoms with Gasteiger partial charge in [-0.3, -0.25) is 9.59 Å². The molecule has 1 aromatic carbocycles. The van der Waals surface area contributed by atoms with Crippen molar-refractivity contribution in [3.8, 4) is 0 Å². The van der Waals surface area contributed by atoms with Crippen LogP contribution in [-0.2, 0) is 4.79 Å². The summed E-state index contributed by atoms with van der Waals surface area (Å²) in [5, 5.41) is 2.68. The number of likely N-dealkylation sites (tertiary alicyclic amines) is 1. The van der Waals surface area contributed by atoms with E-state index in [1.807, 2.05) is 4.90 Å². The van der Waals surface area contributed by atoms with Crippen LogP contribution in [0.3, 0.4) is 0 Å². The minimum atomic E-state index is -0.129. The molecule has 1 aromatic rings. The summed E-state index contributed by atoms with van der Waals surface area (Å²) in [4.78, 5) is 24.9. The third-order valence-corrected chi connectivity index (χ3v) is 2.82. The predicted octanol–water partition coefficient (Wildman–Crippen LogP) is 1.88. The van der Waals surface area contributed by atoms with Crippen molar-refractivity contribution in [2.24, 2.45) is 0 Å². The number of hydrogen-bond donors (Lipinski definition) is 1. The molecule has 2 rings (SSSR count). The lowest BCUT2D eigenvalue weighted by molar-refractivity contribution is -0.114. The van der Waals surface area contributed by atoms with E-state index in [4.69, 9.17) is 0 Å². The molecule has 2 amide bonds. The van der Waals surface area contributed by atoms with Crippen LogP contribution in [0.25, 0.3) is 0 Å². The van der Waals surface area contributed by atoms with Crippen LogP contribution in [0.5, 0.6) is 0 Å². The zero-order valence-corrected chi connectivity index (χ0v) is 9.90. The van der Waals surface area contributed by atoms with Gasteiger partial charge in [0.15, 0.2) is 0 Å². The smallest absolute Gasteiger partial charge is 0.253 e. The Morgan fingerprint density at radius 3 is 2.59 bits per heavy atom. The minimum Gasteiger partial charge on any atom is -0.339 e. The highest BCUT2D eigenvalue weighted by atomic mass is 16.2. The Kier molecular flexibility index (Phi) is 3.42. The first-order chi connectivity index (χ1) is 8.16. The number of nitrogens with zero attached hydrogens (tertiary/aromatic N) is 1. The fourth-order valence-electron chi connectivity index (χ4n) is 2.04. The van der Waals surface area contributed by atoms with Gasteiger partial charge in [-0.15, -0.1) is 0 Å². The number of hydrogen-bond acceptors (Lipinski definition) is 2. The molecular formula is C13H16N2O2. The number of amides is 2. The van der Waals surface area contributed by atoms with Gasteiger partial charge in [-0.1, -0.05) is 6.07 Å². The highest BCUT2D eigenvalue weighted by molar-refractivity contribution is 5.96. The Morgan fingerprint density at radius 2 is 1.94 bits per heavy atom. The van der Waals surface area contributed by atoms with Crippen LogP contribution in [0.1, 0.15) is 30.1 Å². The van der Waals surface area contributed by atoms with E-state index in [0.29, 0.717) is 11.3 Å². The van der Waals surface area contributed by atoms with Gasteiger partial charge < -0.3 is 10.2 Å². The van der Waals surface area contributed by atoms with Crippen molar-refractivity contribution in [2.45, 2.75) is 19.8 Å². The second-order valence-corrected chi connectivity index (χ2v) is 4.26. The second-order valence-electron chi connectivity index (χ2n) is 4.26. The van der Waals surface area contributed by atoms with Gasteiger partial charge in [0.05, 0.1) is 0 Å². The average Bonchev–Trinajstić information content (AvgIpc) is 2.81. The summed E-state index contributed by atoms with van der Waals surface area (Å²) in [7, 11) is 0. The molecule has 0 aromatic heterocycles. The number of anilines is 1. The molecule has 1 N–H and O–H groups in total. The van der Waals surface area contributed by atoms with Crippen molar-refractivity contribution >= 4 is 17.5 Å². The predicted molar refractivity (Wildman–Crippen MR) is 65.9 cm³/mol. The minimum absolute atomic E-state index is 0.0507. The third kappa shape index (κ3) is 2.84. The maximum absolute atomic E-state index is 12.1. The van der Waals surface area contributed by atoms with E-state index < -0.39 is 0 Å². The van der Waals surface area contributed by atoms with E-state index in [2.05, 4.69) is 5.32 Å². The summed E-state index contributed by atoms with van der Waals surface area (Å²) >= 11 is 0. The molecule has 0 atom stereocenters. The van der Waals surface area contributed by atoms with Gasteiger partial charge in [0, 0.05) is 31.3 Å². The van der Waals surface area contributed by atoms with E-state index in [0.717, 1.165) is 25.9 Å². The first-order valence-corrected chi connectivity index (χ1v) is 5.84. The SMILES string of the molecule is CC(=O)Nc1cccc(C(=O)N2CCCC2)c1. The molecule has 0 saturated carbocycles. The molecular weight excluding hydrogens is 216 g/mol. The normalized spacial score (nSPS) is 14.8. The molecule has 1 heterocycles. The van der Waals surface area contributed by atoms with Gasteiger partial charge in [0.25, 0.3) is 5.91 Å². The highest BCUT2D eigenvalue weighted by Crippen LogP contribution is 2.16. The van der Waals surface area contributed by atoms with E-state index in [1.165, 1.54) is 6.92 Å². The summed E-state index contributed by atoms with van der Waals surface area (Å²) in [6.45, 7) is 3.13. The van der Waals surface area contributed by atoms with Crippen molar-refractivity contribution in [3.63, 3.8) is 0 Å². The molecule has 1 fully saturated rings. The van der Waals surface area contributed by atoms with Crippen LogP contribution in [0.2, 0.25) is 0 Å². The van der Waals surface area contributed by atoms with Crippen molar-refractivity contribution < 1.29 is 9.59 Å². The standard InChI is InChI=1S/C13H16N2O2/c1-10(16)14-12-6-4-5-11(9-12)13(17)15-7-2-3-8-15/h4-6,9H,2-3,7-8H2,1H3,(H,14,16). The largest absolute Gasteiger partial charge is 0.339 e. The zero-order valence-electron chi connectivity index (χ0n) is 9.90. The van der Waals surface area contributed by atoms with Crippen LogP contribution in [-0.4, -0.2) is 29.8 Å². The zero-order chi connectivity index (χ0) is 12.3. The Bertz CT molecular complexity index is 437. The number of carbonyl (C=O) groups excluding carboxylic acids is 2. The van der Waals surface area contributed by atoms with Gasteiger partial charge >= 0.3 is 0 Å². The summed E-state index contributed by atoms with van der Waals surface area (Å²) in [5.74, 6) is -0.0783. The van der Waals surface area contributed by atoms with Gasteiger partial charge in [-0.25, -0.2) is 0 Å². The van der Waals surface area contributed by atoms with Gasteiger partial charge in [0.2, 0.25) is 5.91 Å². The van der Waals surface area contributed by atoms with Crippen LogP contribution in [0.15, 0.2) is 24.3 Å². The Labute approximate surface area is 101 Å². The van der Waals surface area contributed by atoms with Crippen molar-refractivity contribution in [1.82, 2.24) is 4.90 Å². The molecule has 0 radical (unpaired) electrons. The van der Waals surface area contributed by atoms with E-state index in [1.54, 1.807) is 24.3 Å². The molecule has 4 nitrogen and oxygen atoms in total. The first-order valence-electron chi connectivity index (χ1n) is 5.84. The average molecular weight is 232 g/mol. The fourth-order valence-corrected chi connectivity index (χ4v) is 2.04. The molecule has 4 heteroatoms. The summed E-state index contributed by atoms with van der Waals surface area (Å²) in [6.07, 6.45) is 2.16. The topological polar surface area (TPSA) is 49.4 Å². The monoisotopic (exact) mass is 232 g/mol. The number of benzene rings is 1. The summed E-state index contributed by atoms with van der Waals surface area (Å²) < 4.78 is 0. The van der Waals surface area contributed by atoms with Crippen LogP contribution in [0, 0.1) is 0 Å². The van der Waals surface area contributed by atoms with Gasteiger partial charge in [-0.2, -0.15) is 0 Å². The fraction of sp³-hybridized carbons (Fsp3) is 0.385. The van der Waals surface area contributed by atoms with Crippen LogP contribution in [0.4, 0.5) is 5.69 Å². The first kappa shape index (κ1) is 11.6. The Balaban J connectivity index is 2.14. The molecule has 1 aliphatic heterocycles. The molecule has 0 spiro atoms. The van der Waals surface area contributed by atoms with Crippen molar-refractivity contribution in [3.05, 3.63) is 29.8 Å². The molecule has 0 bridgehead atoms. The Morgan fingerprint density at radius 1 is 1.24 bits per heavy atom. The molecule has 0 aliphatic carbocycles. The lowest BCUT2D eigenvalue weighted by Gasteiger charge is -2.15. The summed E-state index contributed by atoms with van der Waals surface area (Å²) in [6, 6.07) is 7.07. The quantitative estimate of drug-likeness (QED) is 0.846. The molecule has 1 aliphatic rings.